The minimum absolute atomic E-state index is 0.0486. The van der Waals surface area contributed by atoms with Gasteiger partial charge in [-0.25, -0.2) is 4.84 Å². The van der Waals surface area contributed by atoms with Crippen LogP contribution in [0.4, 0.5) is 0 Å². The van der Waals surface area contributed by atoms with Crippen LogP contribution in [0.3, 0.4) is 0 Å². The van der Waals surface area contributed by atoms with E-state index in [0.29, 0.717) is 6.10 Å². The first-order valence-corrected chi connectivity index (χ1v) is 5.82. The van der Waals surface area contributed by atoms with Crippen LogP contribution >= 0.6 is 0 Å². The predicted octanol–water partition coefficient (Wildman–Crippen LogP) is 1.03. The lowest BCUT2D eigenvalue weighted by Crippen LogP contribution is -2.39. The second-order valence-corrected chi connectivity index (χ2v) is 4.23. The summed E-state index contributed by atoms with van der Waals surface area (Å²) in [6, 6.07) is 0. The molecule has 4 rings (SSSR count). The van der Waals surface area contributed by atoms with Gasteiger partial charge in [0.2, 0.25) is 12.3 Å². The van der Waals surface area contributed by atoms with Crippen molar-refractivity contribution in [1.29, 1.82) is 0 Å². The van der Waals surface area contributed by atoms with Crippen molar-refractivity contribution in [2.75, 3.05) is 19.8 Å². The van der Waals surface area contributed by atoms with Crippen molar-refractivity contribution in [1.82, 2.24) is 0 Å². The van der Waals surface area contributed by atoms with Crippen molar-refractivity contribution in [3.8, 4) is 0 Å². The largest absolute Gasteiger partial charge is 0.366 e. The maximum Gasteiger partial charge on any atom is 0.261 e. The van der Waals surface area contributed by atoms with Gasteiger partial charge in [-0.15, -0.1) is 0 Å². The van der Waals surface area contributed by atoms with Gasteiger partial charge >= 0.3 is 0 Å². The molecular weight excluding hydrogens is 206 g/mol. The summed E-state index contributed by atoms with van der Waals surface area (Å²) in [5.41, 5.74) is 1.08. The summed E-state index contributed by atoms with van der Waals surface area (Å²) in [5, 5.41) is 0. The standard InChI is InChI=1S/C12H16NO3/c1-2-5-14-12-6-9-3-4-11(12)13(16-9)7-10-8-15-10/h3-4,6,10,12H,2,5,7-8H2,1H3/q+1. The van der Waals surface area contributed by atoms with E-state index in [1.807, 2.05) is 16.9 Å². The lowest BCUT2D eigenvalue weighted by atomic mass is 10.1. The highest BCUT2D eigenvalue weighted by Crippen LogP contribution is 2.21. The van der Waals surface area contributed by atoms with Crippen molar-refractivity contribution < 1.29 is 19.1 Å². The number of fused-ring (bicyclic) bond motifs is 2. The molecule has 2 unspecified atom stereocenters. The summed E-state index contributed by atoms with van der Waals surface area (Å²) in [6.07, 6.45) is 7.48. The van der Waals surface area contributed by atoms with E-state index in [1.54, 1.807) is 0 Å². The average Bonchev–Trinajstić information content (AvgIpc) is 3.11. The molecule has 16 heavy (non-hydrogen) atoms. The third-order valence-corrected chi connectivity index (χ3v) is 2.80. The summed E-state index contributed by atoms with van der Waals surface area (Å²) in [6.45, 7) is 4.53. The Balaban J connectivity index is 1.75. The van der Waals surface area contributed by atoms with Crippen LogP contribution in [-0.2, 0) is 14.3 Å². The third-order valence-electron chi connectivity index (χ3n) is 2.80. The van der Waals surface area contributed by atoms with Crippen LogP contribution in [0, 0.1) is 0 Å². The lowest BCUT2D eigenvalue weighted by Gasteiger charge is -2.21. The Bertz CT molecular complexity index is 380. The summed E-state index contributed by atoms with van der Waals surface area (Å²) in [7, 11) is 0. The Kier molecular flexibility index (Phi) is 2.53. The maximum atomic E-state index is 5.77. The SMILES string of the molecule is CCCOC1C=C2C=CC1=[N+](CC1CO1)O2. The molecule has 0 aromatic carbocycles. The molecule has 3 heterocycles. The van der Waals surface area contributed by atoms with Gasteiger partial charge in [-0.3, -0.25) is 0 Å². The van der Waals surface area contributed by atoms with Gasteiger partial charge in [0.1, 0.15) is 6.10 Å². The zero-order valence-corrected chi connectivity index (χ0v) is 9.39. The number of ether oxygens (including phenoxy) is 2. The fourth-order valence-corrected chi connectivity index (χ4v) is 1.90. The molecule has 3 aliphatic heterocycles. The van der Waals surface area contributed by atoms with Crippen molar-refractivity contribution in [3.63, 3.8) is 0 Å². The smallest absolute Gasteiger partial charge is 0.261 e. The van der Waals surface area contributed by atoms with Gasteiger partial charge in [0, 0.05) is 18.8 Å². The maximum absolute atomic E-state index is 5.77. The van der Waals surface area contributed by atoms with Crippen LogP contribution in [0.2, 0.25) is 0 Å². The van der Waals surface area contributed by atoms with E-state index in [0.717, 1.165) is 37.7 Å². The summed E-state index contributed by atoms with van der Waals surface area (Å²) in [5.74, 6) is 0.872. The molecule has 0 aromatic rings. The first-order chi connectivity index (χ1) is 7.86. The van der Waals surface area contributed by atoms with Crippen molar-refractivity contribution in [3.05, 3.63) is 24.0 Å². The van der Waals surface area contributed by atoms with Crippen molar-refractivity contribution in [2.24, 2.45) is 0 Å². The zero-order valence-electron chi connectivity index (χ0n) is 9.39. The Labute approximate surface area is 94.8 Å². The number of hydroxylamine groups is 1. The number of rotatable bonds is 5. The van der Waals surface area contributed by atoms with E-state index in [2.05, 4.69) is 13.0 Å². The molecule has 4 heteroatoms. The van der Waals surface area contributed by atoms with Crippen LogP contribution < -0.4 is 0 Å². The lowest BCUT2D eigenvalue weighted by molar-refractivity contribution is -0.776. The summed E-state index contributed by atoms with van der Waals surface area (Å²) >= 11 is 0. The molecular formula is C12H16NO3+. The Hall–Kier alpha value is -1.13. The fourth-order valence-electron chi connectivity index (χ4n) is 1.90. The second-order valence-electron chi connectivity index (χ2n) is 4.23. The van der Waals surface area contributed by atoms with E-state index in [4.69, 9.17) is 14.3 Å². The third kappa shape index (κ3) is 1.90. The number of nitrogens with zero attached hydrogens (tertiary/aromatic N) is 1. The van der Waals surface area contributed by atoms with Gasteiger partial charge in [0.25, 0.3) is 5.71 Å². The predicted molar refractivity (Wildman–Crippen MR) is 58.2 cm³/mol. The molecule has 2 atom stereocenters. The molecule has 4 aliphatic rings. The molecule has 1 saturated heterocycles. The summed E-state index contributed by atoms with van der Waals surface area (Å²) in [4.78, 5) is 5.66. The number of hydrogen-bond acceptors (Lipinski definition) is 3. The molecule has 86 valence electrons. The topological polar surface area (TPSA) is 34.0 Å². The van der Waals surface area contributed by atoms with Crippen molar-refractivity contribution in [2.45, 2.75) is 25.6 Å². The Morgan fingerprint density at radius 1 is 1.50 bits per heavy atom. The fraction of sp³-hybridized carbons (Fsp3) is 0.583. The Morgan fingerprint density at radius 2 is 2.38 bits per heavy atom. The Morgan fingerprint density at radius 3 is 3.06 bits per heavy atom. The average molecular weight is 222 g/mol. The highest BCUT2D eigenvalue weighted by Gasteiger charge is 2.39. The first kappa shape index (κ1) is 10.1. The van der Waals surface area contributed by atoms with Gasteiger partial charge in [0.05, 0.1) is 6.61 Å². The van der Waals surface area contributed by atoms with Crippen molar-refractivity contribution >= 4 is 5.71 Å². The molecule has 0 aromatic heterocycles. The molecule has 1 fully saturated rings. The van der Waals surface area contributed by atoms with Crippen LogP contribution in [0.5, 0.6) is 0 Å². The first-order valence-electron chi connectivity index (χ1n) is 5.82. The molecule has 0 saturated carbocycles. The molecule has 0 amide bonds. The van der Waals surface area contributed by atoms with E-state index in [-0.39, 0.29) is 6.10 Å². The van der Waals surface area contributed by atoms with Crippen LogP contribution in [0.15, 0.2) is 24.0 Å². The number of epoxide rings is 1. The quantitative estimate of drug-likeness (QED) is 0.514. The normalized spacial score (nSPS) is 30.4. The van der Waals surface area contributed by atoms with E-state index < -0.39 is 0 Å². The van der Waals surface area contributed by atoms with Crippen LogP contribution in [0.1, 0.15) is 13.3 Å². The molecule has 0 radical (unpaired) electrons. The number of hydrogen-bond donors (Lipinski definition) is 0. The summed E-state index contributed by atoms with van der Waals surface area (Å²) < 4.78 is 12.9. The van der Waals surface area contributed by atoms with E-state index in [1.165, 1.54) is 0 Å². The van der Waals surface area contributed by atoms with Gasteiger partial charge in [-0.2, -0.15) is 0 Å². The monoisotopic (exact) mass is 222 g/mol. The minimum Gasteiger partial charge on any atom is -0.366 e. The second kappa shape index (κ2) is 4.03. The van der Waals surface area contributed by atoms with Gasteiger partial charge < -0.3 is 9.47 Å². The highest BCUT2D eigenvalue weighted by atomic mass is 16.7. The molecule has 2 bridgehead atoms. The minimum atomic E-state index is 0.0486. The van der Waals surface area contributed by atoms with Gasteiger partial charge in [-0.05, 0) is 17.2 Å². The van der Waals surface area contributed by atoms with Crippen LogP contribution in [0.25, 0.3) is 0 Å². The molecule has 0 N–H and O–H groups in total. The van der Waals surface area contributed by atoms with E-state index in [9.17, 15) is 0 Å². The highest BCUT2D eigenvalue weighted by molar-refractivity contribution is 5.98. The van der Waals surface area contributed by atoms with Gasteiger partial charge in [0.15, 0.2) is 6.10 Å². The zero-order chi connectivity index (χ0) is 11.0. The van der Waals surface area contributed by atoms with Crippen LogP contribution in [-0.4, -0.2) is 42.4 Å². The molecule has 0 spiro atoms. The van der Waals surface area contributed by atoms with E-state index >= 15 is 0 Å². The number of allylic oxidation sites excluding steroid dienone is 1. The molecule has 1 aliphatic carbocycles. The van der Waals surface area contributed by atoms with Gasteiger partial charge in [-0.1, -0.05) is 6.92 Å². The molecule has 4 nitrogen and oxygen atoms in total.